The molecule has 1 rings (SSSR count). The molecule has 1 heterocycles. The summed E-state index contributed by atoms with van der Waals surface area (Å²) in [7, 11) is 0. The number of rotatable bonds is 8. The zero-order chi connectivity index (χ0) is 15.3. The number of halogens is 1. The first-order valence-electron chi connectivity index (χ1n) is 7.14. The molecule has 20 heavy (non-hydrogen) atoms. The zero-order valence-electron chi connectivity index (χ0n) is 12.7. The number of hydrogen-bond donors (Lipinski definition) is 1. The number of nitrogens with zero attached hydrogens (tertiary/aromatic N) is 3. The molecule has 0 saturated heterocycles. The molecule has 0 aliphatic rings. The van der Waals surface area contributed by atoms with Gasteiger partial charge in [-0.2, -0.15) is 5.10 Å². The van der Waals surface area contributed by atoms with Crippen molar-refractivity contribution in [2.24, 2.45) is 0 Å². The van der Waals surface area contributed by atoms with Crippen LogP contribution in [0.15, 0.2) is 0 Å². The van der Waals surface area contributed by atoms with Gasteiger partial charge in [0.15, 0.2) is 0 Å². The Morgan fingerprint density at radius 2 is 2.10 bits per heavy atom. The Morgan fingerprint density at radius 3 is 2.55 bits per heavy atom. The first-order chi connectivity index (χ1) is 9.44. The minimum atomic E-state index is -0.778. The Hall–Kier alpha value is -1.07. The van der Waals surface area contributed by atoms with E-state index in [9.17, 15) is 4.79 Å². The van der Waals surface area contributed by atoms with Crippen LogP contribution in [0.4, 0.5) is 0 Å². The quantitative estimate of drug-likeness (QED) is 0.802. The number of hydrogen-bond acceptors (Lipinski definition) is 3. The number of carbonyl (C=O) groups is 1. The molecule has 1 unspecified atom stereocenters. The monoisotopic (exact) mass is 301 g/mol. The fourth-order valence-corrected chi connectivity index (χ4v) is 2.65. The SMILES string of the molecule is CCc1nn(CC)c(CN(CC)C(C)CC(=O)O)c1Cl. The van der Waals surface area contributed by atoms with Crippen molar-refractivity contribution < 1.29 is 9.90 Å². The largest absolute Gasteiger partial charge is 0.481 e. The van der Waals surface area contributed by atoms with Gasteiger partial charge in [0.25, 0.3) is 0 Å². The molecule has 0 aliphatic heterocycles. The Morgan fingerprint density at radius 1 is 1.45 bits per heavy atom. The molecule has 114 valence electrons. The predicted octanol–water partition coefficient (Wildman–Crippen LogP) is 2.80. The van der Waals surface area contributed by atoms with E-state index in [0.717, 1.165) is 35.9 Å². The molecule has 1 atom stereocenters. The van der Waals surface area contributed by atoms with Crippen LogP contribution in [-0.2, 0) is 24.3 Å². The molecule has 0 aliphatic carbocycles. The van der Waals surface area contributed by atoms with Crippen molar-refractivity contribution in [3.8, 4) is 0 Å². The van der Waals surface area contributed by atoms with Crippen LogP contribution in [0.25, 0.3) is 0 Å². The Bertz CT molecular complexity index is 460. The summed E-state index contributed by atoms with van der Waals surface area (Å²) in [6, 6.07) is -0.0288. The van der Waals surface area contributed by atoms with Gasteiger partial charge in [0.05, 0.1) is 22.8 Å². The number of carboxylic acid groups (broad SMARTS) is 1. The van der Waals surface area contributed by atoms with E-state index in [1.54, 1.807) is 0 Å². The lowest BCUT2D eigenvalue weighted by atomic mass is 10.2. The van der Waals surface area contributed by atoms with Gasteiger partial charge in [0.1, 0.15) is 0 Å². The summed E-state index contributed by atoms with van der Waals surface area (Å²) in [4.78, 5) is 13.0. The van der Waals surface area contributed by atoms with Crippen LogP contribution in [0.3, 0.4) is 0 Å². The van der Waals surface area contributed by atoms with E-state index in [2.05, 4.69) is 10.00 Å². The van der Waals surface area contributed by atoms with Crippen LogP contribution >= 0.6 is 11.6 Å². The second-order valence-electron chi connectivity index (χ2n) is 4.89. The first-order valence-corrected chi connectivity index (χ1v) is 7.52. The van der Waals surface area contributed by atoms with Crippen molar-refractivity contribution >= 4 is 17.6 Å². The van der Waals surface area contributed by atoms with Crippen LogP contribution in [0.1, 0.15) is 45.5 Å². The number of aromatic nitrogens is 2. The van der Waals surface area contributed by atoms with Gasteiger partial charge < -0.3 is 5.11 Å². The van der Waals surface area contributed by atoms with Crippen LogP contribution in [0, 0.1) is 0 Å². The molecular formula is C14H24ClN3O2. The maximum atomic E-state index is 10.9. The lowest BCUT2D eigenvalue weighted by Crippen LogP contribution is -2.34. The highest BCUT2D eigenvalue weighted by Gasteiger charge is 2.21. The van der Waals surface area contributed by atoms with Crippen LogP contribution in [-0.4, -0.2) is 38.3 Å². The Kier molecular flexibility index (Phi) is 6.49. The summed E-state index contributed by atoms with van der Waals surface area (Å²) in [5, 5.41) is 14.1. The summed E-state index contributed by atoms with van der Waals surface area (Å²) in [5.41, 5.74) is 1.88. The lowest BCUT2D eigenvalue weighted by molar-refractivity contribution is -0.138. The van der Waals surface area contributed by atoms with E-state index in [0.29, 0.717) is 6.54 Å². The second kappa shape index (κ2) is 7.64. The minimum Gasteiger partial charge on any atom is -0.481 e. The first kappa shape index (κ1) is 17.0. The number of carboxylic acids is 1. The summed E-state index contributed by atoms with van der Waals surface area (Å²) >= 11 is 6.39. The van der Waals surface area contributed by atoms with Gasteiger partial charge in [-0.05, 0) is 26.8 Å². The van der Waals surface area contributed by atoms with Crippen molar-refractivity contribution in [1.29, 1.82) is 0 Å². The normalized spacial score (nSPS) is 12.9. The number of aliphatic carboxylic acids is 1. The Balaban J connectivity index is 2.94. The predicted molar refractivity (Wildman–Crippen MR) is 80.1 cm³/mol. The molecule has 1 N–H and O–H groups in total. The van der Waals surface area contributed by atoms with E-state index in [1.165, 1.54) is 0 Å². The third kappa shape index (κ3) is 3.96. The molecule has 0 spiro atoms. The van der Waals surface area contributed by atoms with Crippen molar-refractivity contribution in [3.05, 3.63) is 16.4 Å². The highest BCUT2D eigenvalue weighted by Crippen LogP contribution is 2.24. The second-order valence-corrected chi connectivity index (χ2v) is 5.26. The topological polar surface area (TPSA) is 58.4 Å². The molecule has 6 heteroatoms. The maximum absolute atomic E-state index is 10.9. The van der Waals surface area contributed by atoms with Crippen LogP contribution in [0.2, 0.25) is 5.02 Å². The van der Waals surface area contributed by atoms with Gasteiger partial charge in [0, 0.05) is 19.1 Å². The molecule has 1 aromatic heterocycles. The van der Waals surface area contributed by atoms with Gasteiger partial charge in [-0.25, -0.2) is 0 Å². The molecule has 0 bridgehead atoms. The standard InChI is InChI=1S/C14H24ClN3O2/c1-5-11-14(15)12(18(7-3)16-11)9-17(6-2)10(4)8-13(19)20/h10H,5-9H2,1-4H3,(H,19,20). The van der Waals surface area contributed by atoms with E-state index >= 15 is 0 Å². The summed E-state index contributed by atoms with van der Waals surface area (Å²) in [5.74, 6) is -0.778. The van der Waals surface area contributed by atoms with Crippen molar-refractivity contribution in [3.63, 3.8) is 0 Å². The van der Waals surface area contributed by atoms with E-state index < -0.39 is 5.97 Å². The molecule has 0 fully saturated rings. The average molecular weight is 302 g/mol. The van der Waals surface area contributed by atoms with Crippen LogP contribution in [0.5, 0.6) is 0 Å². The lowest BCUT2D eigenvalue weighted by Gasteiger charge is -2.27. The van der Waals surface area contributed by atoms with E-state index in [-0.39, 0.29) is 12.5 Å². The average Bonchev–Trinajstić information content (AvgIpc) is 2.70. The number of aryl methyl sites for hydroxylation is 2. The molecule has 0 saturated carbocycles. The van der Waals surface area contributed by atoms with Gasteiger partial charge in [-0.1, -0.05) is 25.4 Å². The summed E-state index contributed by atoms with van der Waals surface area (Å²) in [6.45, 7) is 10.2. The molecule has 1 aromatic rings. The summed E-state index contributed by atoms with van der Waals surface area (Å²) in [6.07, 6.45) is 0.933. The zero-order valence-corrected chi connectivity index (χ0v) is 13.4. The third-order valence-corrected chi connectivity index (χ3v) is 3.98. The molecular weight excluding hydrogens is 278 g/mol. The molecule has 0 amide bonds. The van der Waals surface area contributed by atoms with Gasteiger partial charge in [-0.3, -0.25) is 14.4 Å². The van der Waals surface area contributed by atoms with Crippen molar-refractivity contribution in [2.75, 3.05) is 6.54 Å². The van der Waals surface area contributed by atoms with Gasteiger partial charge in [0.2, 0.25) is 0 Å². The summed E-state index contributed by atoms with van der Waals surface area (Å²) < 4.78 is 1.91. The third-order valence-electron chi connectivity index (χ3n) is 3.55. The highest BCUT2D eigenvalue weighted by atomic mass is 35.5. The van der Waals surface area contributed by atoms with E-state index in [1.807, 2.05) is 32.4 Å². The van der Waals surface area contributed by atoms with Crippen molar-refractivity contribution in [2.45, 2.75) is 59.7 Å². The maximum Gasteiger partial charge on any atom is 0.304 e. The molecule has 0 aromatic carbocycles. The van der Waals surface area contributed by atoms with Gasteiger partial charge in [-0.15, -0.1) is 0 Å². The highest BCUT2D eigenvalue weighted by molar-refractivity contribution is 6.31. The van der Waals surface area contributed by atoms with Gasteiger partial charge >= 0.3 is 5.97 Å². The fraction of sp³-hybridized carbons (Fsp3) is 0.714. The van der Waals surface area contributed by atoms with Crippen LogP contribution < -0.4 is 0 Å². The van der Waals surface area contributed by atoms with Crippen molar-refractivity contribution in [1.82, 2.24) is 14.7 Å². The van der Waals surface area contributed by atoms with E-state index in [4.69, 9.17) is 16.7 Å². The smallest absolute Gasteiger partial charge is 0.304 e. The molecule has 5 nitrogen and oxygen atoms in total. The minimum absolute atomic E-state index is 0.0288. The molecule has 0 radical (unpaired) electrons. The fourth-order valence-electron chi connectivity index (χ4n) is 2.32. The Labute approximate surface area is 125 Å².